The van der Waals surface area contributed by atoms with Gasteiger partial charge in [0.25, 0.3) is 0 Å². The lowest BCUT2D eigenvalue weighted by atomic mass is 9.97. The maximum Gasteiger partial charge on any atom is 0.187 e. The van der Waals surface area contributed by atoms with E-state index in [-0.39, 0.29) is 0 Å². The molecule has 5 N–H and O–H groups in total. The summed E-state index contributed by atoms with van der Waals surface area (Å²) in [5, 5.41) is 49.3. The zero-order chi connectivity index (χ0) is 16.6. The molecule has 2 rings (SSSR count). The van der Waals surface area contributed by atoms with Crippen molar-refractivity contribution >= 4 is 0 Å². The molecule has 130 valence electrons. The minimum Gasteiger partial charge on any atom is -0.388 e. The summed E-state index contributed by atoms with van der Waals surface area (Å²) in [4.78, 5) is 0. The van der Waals surface area contributed by atoms with Crippen molar-refractivity contribution in [2.24, 2.45) is 0 Å². The van der Waals surface area contributed by atoms with Gasteiger partial charge >= 0.3 is 0 Å². The van der Waals surface area contributed by atoms with Crippen LogP contribution in [0.1, 0.15) is 13.8 Å². The first-order valence-corrected chi connectivity index (χ1v) is 7.17. The lowest BCUT2D eigenvalue weighted by Gasteiger charge is -2.45. The first-order valence-electron chi connectivity index (χ1n) is 7.17. The summed E-state index contributed by atoms with van der Waals surface area (Å²) in [6.07, 6.45) is -11.5. The van der Waals surface area contributed by atoms with Gasteiger partial charge in [-0.2, -0.15) is 0 Å². The number of rotatable bonds is 3. The zero-order valence-corrected chi connectivity index (χ0v) is 12.6. The molecule has 9 heteroatoms. The van der Waals surface area contributed by atoms with Crippen molar-refractivity contribution in [3.05, 3.63) is 0 Å². The first-order chi connectivity index (χ1) is 10.3. The summed E-state index contributed by atoms with van der Waals surface area (Å²) in [5.41, 5.74) is 0. The summed E-state index contributed by atoms with van der Waals surface area (Å²) in [6.45, 7) is 3.12. The van der Waals surface area contributed by atoms with E-state index in [9.17, 15) is 25.5 Å². The summed E-state index contributed by atoms with van der Waals surface area (Å²) >= 11 is 0. The average molecular weight is 324 g/mol. The van der Waals surface area contributed by atoms with Crippen LogP contribution in [0.3, 0.4) is 0 Å². The number of aliphatic hydroxyl groups is 5. The average Bonchev–Trinajstić information content (AvgIpc) is 2.49. The van der Waals surface area contributed by atoms with Gasteiger partial charge in [-0.1, -0.05) is 0 Å². The fourth-order valence-electron chi connectivity index (χ4n) is 2.67. The van der Waals surface area contributed by atoms with E-state index in [2.05, 4.69) is 0 Å². The topological polar surface area (TPSA) is 138 Å². The maximum absolute atomic E-state index is 10.1. The molecule has 0 bridgehead atoms. The Balaban J connectivity index is 2.06. The van der Waals surface area contributed by atoms with Crippen LogP contribution < -0.4 is 0 Å². The highest BCUT2D eigenvalue weighted by Crippen LogP contribution is 2.28. The largest absolute Gasteiger partial charge is 0.388 e. The van der Waals surface area contributed by atoms with Gasteiger partial charge < -0.3 is 44.5 Å². The highest BCUT2D eigenvalue weighted by molar-refractivity contribution is 4.92. The van der Waals surface area contributed by atoms with Crippen LogP contribution in [0.4, 0.5) is 0 Å². The molecule has 0 spiro atoms. The van der Waals surface area contributed by atoms with Crippen molar-refractivity contribution in [1.29, 1.82) is 0 Å². The monoisotopic (exact) mass is 324 g/mol. The molecule has 0 aromatic rings. The molecule has 9 nitrogen and oxygen atoms in total. The fraction of sp³-hybridized carbons (Fsp3) is 1.00. The Morgan fingerprint density at radius 1 is 0.682 bits per heavy atom. The van der Waals surface area contributed by atoms with Gasteiger partial charge in [0.15, 0.2) is 12.6 Å². The van der Waals surface area contributed by atoms with Crippen molar-refractivity contribution in [2.75, 3.05) is 7.11 Å². The number of methoxy groups -OCH3 is 1. The van der Waals surface area contributed by atoms with Crippen LogP contribution in [-0.4, -0.2) is 94.1 Å². The zero-order valence-electron chi connectivity index (χ0n) is 12.6. The van der Waals surface area contributed by atoms with Gasteiger partial charge in [-0.3, -0.25) is 0 Å². The van der Waals surface area contributed by atoms with Gasteiger partial charge in [0, 0.05) is 7.11 Å². The molecule has 0 aromatic carbocycles. The summed E-state index contributed by atoms with van der Waals surface area (Å²) in [6, 6.07) is 0. The summed E-state index contributed by atoms with van der Waals surface area (Å²) < 4.78 is 21.1. The third-order valence-electron chi connectivity index (χ3n) is 4.11. The van der Waals surface area contributed by atoms with E-state index >= 15 is 0 Å². The normalized spacial score (nSPS) is 53.5. The van der Waals surface area contributed by atoms with Crippen LogP contribution in [0.25, 0.3) is 0 Å². The van der Waals surface area contributed by atoms with Crippen LogP contribution >= 0.6 is 0 Å². The molecular weight excluding hydrogens is 300 g/mol. The molecular formula is C13H24O9. The molecule has 2 fully saturated rings. The first kappa shape index (κ1) is 18.0. The Labute approximate surface area is 128 Å². The molecule has 0 aromatic heterocycles. The minimum atomic E-state index is -1.50. The van der Waals surface area contributed by atoms with E-state index in [1.165, 1.54) is 14.0 Å². The van der Waals surface area contributed by atoms with E-state index in [1.54, 1.807) is 6.92 Å². The van der Waals surface area contributed by atoms with Crippen LogP contribution in [0, 0.1) is 0 Å². The van der Waals surface area contributed by atoms with E-state index in [0.717, 1.165) is 0 Å². The molecule has 2 saturated heterocycles. The van der Waals surface area contributed by atoms with E-state index in [4.69, 9.17) is 18.9 Å². The van der Waals surface area contributed by atoms with E-state index in [0.29, 0.717) is 0 Å². The van der Waals surface area contributed by atoms with Crippen LogP contribution in [0.15, 0.2) is 0 Å². The second-order valence-electron chi connectivity index (χ2n) is 5.71. The smallest absolute Gasteiger partial charge is 0.187 e. The molecule has 0 aliphatic carbocycles. The standard InChI is InChI=1S/C13H24O9/c1-4-6(14)7(15)9(17)13(20-4)22-11-5(2)21-12(19-3)10(18)8(11)16/h4-18H,1-3H3/t4-,5-,6+,7-,8+,9-,10-,11+,12-,13+/m1/s1. The van der Waals surface area contributed by atoms with Gasteiger partial charge in [0.05, 0.1) is 12.2 Å². The van der Waals surface area contributed by atoms with Gasteiger partial charge in [0.2, 0.25) is 0 Å². The van der Waals surface area contributed by atoms with Crippen LogP contribution in [-0.2, 0) is 18.9 Å². The molecule has 2 aliphatic rings. The van der Waals surface area contributed by atoms with Crippen LogP contribution in [0.5, 0.6) is 0 Å². The quantitative estimate of drug-likeness (QED) is 0.376. The molecule has 0 radical (unpaired) electrons. The fourth-order valence-corrected chi connectivity index (χ4v) is 2.67. The lowest BCUT2D eigenvalue weighted by Crippen LogP contribution is -2.63. The van der Waals surface area contributed by atoms with Gasteiger partial charge in [-0.15, -0.1) is 0 Å². The highest BCUT2D eigenvalue weighted by Gasteiger charge is 2.48. The summed E-state index contributed by atoms with van der Waals surface area (Å²) in [7, 11) is 1.34. The van der Waals surface area contributed by atoms with Crippen molar-refractivity contribution in [1.82, 2.24) is 0 Å². The molecule has 2 heterocycles. The number of ether oxygens (including phenoxy) is 4. The van der Waals surface area contributed by atoms with Crippen LogP contribution in [0.2, 0.25) is 0 Å². The molecule has 0 saturated carbocycles. The SMILES string of the molecule is CO[C@@H]1O[C@H](C)[C@H](O[C@@H]2O[C@H](C)[C@H](O)[C@@H](O)[C@H]2O)[C@@H](O)[C@H]1O. The maximum atomic E-state index is 10.1. The Hall–Kier alpha value is -0.360. The molecule has 10 atom stereocenters. The minimum absolute atomic E-state index is 0.654. The van der Waals surface area contributed by atoms with E-state index < -0.39 is 61.4 Å². The van der Waals surface area contributed by atoms with Crippen molar-refractivity contribution in [3.63, 3.8) is 0 Å². The van der Waals surface area contributed by atoms with Gasteiger partial charge in [-0.05, 0) is 13.8 Å². The van der Waals surface area contributed by atoms with Crippen molar-refractivity contribution in [2.45, 2.75) is 75.3 Å². The molecule has 0 amide bonds. The Kier molecular flexibility index (Phi) is 5.75. The third-order valence-corrected chi connectivity index (χ3v) is 4.11. The van der Waals surface area contributed by atoms with Crippen molar-refractivity contribution in [3.8, 4) is 0 Å². The number of hydrogen-bond acceptors (Lipinski definition) is 9. The lowest BCUT2D eigenvalue weighted by molar-refractivity contribution is -0.350. The van der Waals surface area contributed by atoms with Crippen molar-refractivity contribution < 1.29 is 44.5 Å². The second-order valence-corrected chi connectivity index (χ2v) is 5.71. The van der Waals surface area contributed by atoms with Gasteiger partial charge in [-0.25, -0.2) is 0 Å². The van der Waals surface area contributed by atoms with E-state index in [1.807, 2.05) is 0 Å². The second kappa shape index (κ2) is 7.04. The summed E-state index contributed by atoms with van der Waals surface area (Å²) in [5.74, 6) is 0. The number of aliphatic hydroxyl groups excluding tert-OH is 5. The third kappa shape index (κ3) is 3.28. The Morgan fingerprint density at radius 2 is 1.23 bits per heavy atom. The molecule has 22 heavy (non-hydrogen) atoms. The predicted octanol–water partition coefficient (Wildman–Crippen LogP) is -2.69. The van der Waals surface area contributed by atoms with Gasteiger partial charge in [0.1, 0.15) is 36.6 Å². The Morgan fingerprint density at radius 3 is 1.82 bits per heavy atom. The molecule has 2 aliphatic heterocycles. The predicted molar refractivity (Wildman–Crippen MR) is 70.6 cm³/mol. The highest BCUT2D eigenvalue weighted by atomic mass is 16.7. The number of hydrogen-bond donors (Lipinski definition) is 5. The Bertz CT molecular complexity index is 367. The molecule has 0 unspecified atom stereocenters.